The maximum absolute atomic E-state index is 11.3. The molecule has 0 amide bonds. The first-order chi connectivity index (χ1) is 4.88. The Morgan fingerprint density at radius 2 is 2.30 bits per heavy atom. The van der Waals surface area contributed by atoms with Gasteiger partial charge in [0.25, 0.3) is 0 Å². The lowest BCUT2D eigenvalue weighted by Gasteiger charge is -2.21. The molecule has 0 unspecified atom stereocenters. The van der Waals surface area contributed by atoms with E-state index in [4.69, 9.17) is 0 Å². The third kappa shape index (κ3) is 0.870. The van der Waals surface area contributed by atoms with E-state index in [1.165, 1.54) is 19.3 Å². The first-order valence-corrected chi connectivity index (χ1v) is 4.24. The second kappa shape index (κ2) is 2.35. The molecule has 1 aliphatic heterocycles. The molecule has 2 heteroatoms. The van der Waals surface area contributed by atoms with Gasteiger partial charge in [-0.15, -0.1) is 0 Å². The van der Waals surface area contributed by atoms with Crippen LogP contribution in [0.5, 0.6) is 0 Å². The largest absolute Gasteiger partial charge is 0.343 e. The smallest absolute Gasteiger partial charge is 0.147 e. The molecule has 0 spiro atoms. The predicted molar refractivity (Wildman–Crippen MR) is 37.5 cm³/mol. The molecule has 2 nitrogen and oxygen atoms in total. The van der Waals surface area contributed by atoms with Gasteiger partial charge in [0.05, 0.1) is 24.9 Å². The van der Waals surface area contributed by atoms with Crippen molar-refractivity contribution in [3.63, 3.8) is 0 Å². The van der Waals surface area contributed by atoms with Gasteiger partial charge in [0.2, 0.25) is 0 Å². The minimum atomic E-state index is 0.439. The Labute approximate surface area is 61.0 Å². The number of Topliss-reactive ketones (excluding diaryl/α,β-unsaturated/α-hetero) is 1. The Hall–Kier alpha value is -0.370. The maximum Gasteiger partial charge on any atom is 0.147 e. The second-order valence-electron chi connectivity index (χ2n) is 3.44. The van der Waals surface area contributed by atoms with Crippen molar-refractivity contribution in [3.05, 3.63) is 0 Å². The third-order valence-electron chi connectivity index (χ3n) is 2.84. The first kappa shape index (κ1) is 6.35. The topological polar surface area (TPSA) is 33.7 Å². The highest BCUT2D eigenvalue weighted by Crippen LogP contribution is 2.26. The molecule has 1 saturated carbocycles. The summed E-state index contributed by atoms with van der Waals surface area (Å²) in [5.41, 5.74) is 0. The van der Waals surface area contributed by atoms with Crippen molar-refractivity contribution in [2.24, 2.45) is 5.92 Å². The highest BCUT2D eigenvalue weighted by atomic mass is 16.1. The number of carbonyl (C=O) groups is 1. The molecule has 2 fully saturated rings. The standard InChI is InChI=1S/C8H13NO/c10-8-4-5-9-7-3-1-2-6(7)8/h6-7,9H,1-5H2/p+1/t6-,7-/m1/s1. The second-order valence-corrected chi connectivity index (χ2v) is 3.44. The Balaban J connectivity index is 2.10. The third-order valence-corrected chi connectivity index (χ3v) is 2.84. The van der Waals surface area contributed by atoms with Crippen LogP contribution in [-0.2, 0) is 4.79 Å². The van der Waals surface area contributed by atoms with E-state index >= 15 is 0 Å². The van der Waals surface area contributed by atoms with Gasteiger partial charge in [0.1, 0.15) is 5.78 Å². The van der Waals surface area contributed by atoms with Crippen molar-refractivity contribution < 1.29 is 10.1 Å². The molecular weight excluding hydrogens is 126 g/mol. The van der Waals surface area contributed by atoms with Crippen LogP contribution in [0.1, 0.15) is 25.7 Å². The number of hydrogen-bond donors (Lipinski definition) is 1. The van der Waals surface area contributed by atoms with E-state index in [9.17, 15) is 4.79 Å². The van der Waals surface area contributed by atoms with Crippen LogP contribution in [0.4, 0.5) is 0 Å². The molecule has 1 heterocycles. The van der Waals surface area contributed by atoms with E-state index in [0.717, 1.165) is 13.0 Å². The van der Waals surface area contributed by atoms with E-state index in [1.54, 1.807) is 0 Å². The summed E-state index contributed by atoms with van der Waals surface area (Å²) < 4.78 is 0. The van der Waals surface area contributed by atoms with E-state index in [-0.39, 0.29) is 0 Å². The summed E-state index contributed by atoms with van der Waals surface area (Å²) in [5, 5.41) is 2.36. The van der Waals surface area contributed by atoms with Crippen LogP contribution in [0.15, 0.2) is 0 Å². The normalized spacial score (nSPS) is 39.8. The number of fused-ring (bicyclic) bond motifs is 1. The molecule has 1 aliphatic carbocycles. The van der Waals surface area contributed by atoms with Crippen molar-refractivity contribution in [1.82, 2.24) is 0 Å². The molecular formula is C8H14NO+. The van der Waals surface area contributed by atoms with Crippen LogP contribution in [-0.4, -0.2) is 18.4 Å². The highest BCUT2D eigenvalue weighted by Gasteiger charge is 2.38. The summed E-state index contributed by atoms with van der Waals surface area (Å²) >= 11 is 0. The van der Waals surface area contributed by atoms with Crippen LogP contribution < -0.4 is 5.32 Å². The zero-order valence-electron chi connectivity index (χ0n) is 6.18. The van der Waals surface area contributed by atoms with Crippen LogP contribution >= 0.6 is 0 Å². The quantitative estimate of drug-likeness (QED) is 0.492. The molecule has 0 aromatic heterocycles. The molecule has 2 rings (SSSR count). The number of rotatable bonds is 0. The Morgan fingerprint density at radius 1 is 1.40 bits per heavy atom. The highest BCUT2D eigenvalue weighted by molar-refractivity contribution is 5.82. The maximum atomic E-state index is 11.3. The number of piperidine rings is 1. The summed E-state index contributed by atoms with van der Waals surface area (Å²) in [5.74, 6) is 0.971. The average Bonchev–Trinajstić information content (AvgIpc) is 2.36. The molecule has 2 N–H and O–H groups in total. The Kier molecular flexibility index (Phi) is 1.49. The molecule has 0 aromatic carbocycles. The molecule has 0 bridgehead atoms. The minimum absolute atomic E-state index is 0.439. The van der Waals surface area contributed by atoms with E-state index < -0.39 is 0 Å². The lowest BCUT2D eigenvalue weighted by Crippen LogP contribution is -2.93. The average molecular weight is 140 g/mol. The fourth-order valence-electron chi connectivity index (χ4n) is 2.30. The van der Waals surface area contributed by atoms with Crippen LogP contribution in [0.2, 0.25) is 0 Å². The first-order valence-electron chi connectivity index (χ1n) is 4.24. The minimum Gasteiger partial charge on any atom is -0.343 e. The van der Waals surface area contributed by atoms with Gasteiger partial charge in [0, 0.05) is 6.42 Å². The predicted octanol–water partition coefficient (Wildman–Crippen LogP) is -0.309. The van der Waals surface area contributed by atoms with Crippen molar-refractivity contribution in [2.45, 2.75) is 31.7 Å². The van der Waals surface area contributed by atoms with Gasteiger partial charge in [-0.25, -0.2) is 0 Å². The summed E-state index contributed by atoms with van der Waals surface area (Å²) in [4.78, 5) is 11.3. The van der Waals surface area contributed by atoms with Gasteiger partial charge < -0.3 is 5.32 Å². The lowest BCUT2D eigenvalue weighted by atomic mass is 9.93. The molecule has 2 aliphatic rings. The SMILES string of the molecule is O=C1CC[NH2+][C@@H]2CCC[C@@H]12. The number of hydrogen-bond acceptors (Lipinski definition) is 1. The van der Waals surface area contributed by atoms with Gasteiger partial charge >= 0.3 is 0 Å². The van der Waals surface area contributed by atoms with Gasteiger partial charge in [0.15, 0.2) is 0 Å². The van der Waals surface area contributed by atoms with E-state index in [1.807, 2.05) is 0 Å². The Morgan fingerprint density at radius 3 is 3.10 bits per heavy atom. The number of nitrogens with two attached hydrogens (primary N) is 1. The number of ketones is 1. The van der Waals surface area contributed by atoms with Crippen molar-refractivity contribution in [2.75, 3.05) is 6.54 Å². The van der Waals surface area contributed by atoms with E-state index in [2.05, 4.69) is 5.32 Å². The molecule has 10 heavy (non-hydrogen) atoms. The monoisotopic (exact) mass is 140 g/mol. The van der Waals surface area contributed by atoms with Gasteiger partial charge in [-0.2, -0.15) is 0 Å². The lowest BCUT2D eigenvalue weighted by molar-refractivity contribution is -0.695. The molecule has 0 aromatic rings. The van der Waals surface area contributed by atoms with Crippen molar-refractivity contribution in [1.29, 1.82) is 0 Å². The summed E-state index contributed by atoms with van der Waals surface area (Å²) in [6.07, 6.45) is 4.54. The van der Waals surface area contributed by atoms with Crippen LogP contribution in [0.3, 0.4) is 0 Å². The van der Waals surface area contributed by atoms with Gasteiger partial charge in [-0.1, -0.05) is 0 Å². The summed E-state index contributed by atoms with van der Waals surface area (Å²) in [7, 11) is 0. The van der Waals surface area contributed by atoms with Gasteiger partial charge in [-0.05, 0) is 12.8 Å². The Bertz CT molecular complexity index is 155. The molecule has 1 saturated heterocycles. The molecule has 56 valence electrons. The van der Waals surface area contributed by atoms with Crippen molar-refractivity contribution in [3.8, 4) is 0 Å². The molecule has 0 radical (unpaired) electrons. The zero-order chi connectivity index (χ0) is 6.97. The number of quaternary nitrogens is 1. The van der Waals surface area contributed by atoms with E-state index in [0.29, 0.717) is 17.7 Å². The molecule has 2 atom stereocenters. The van der Waals surface area contributed by atoms with Crippen molar-refractivity contribution >= 4 is 5.78 Å². The fraction of sp³-hybridized carbons (Fsp3) is 0.875. The van der Waals surface area contributed by atoms with Gasteiger partial charge in [-0.3, -0.25) is 4.79 Å². The summed E-state index contributed by atoms with van der Waals surface area (Å²) in [6, 6.07) is 0.668. The fourth-order valence-corrected chi connectivity index (χ4v) is 2.30. The number of carbonyl (C=O) groups excluding carboxylic acids is 1. The van der Waals surface area contributed by atoms with Crippen LogP contribution in [0, 0.1) is 5.92 Å². The zero-order valence-corrected chi connectivity index (χ0v) is 6.18. The summed E-state index contributed by atoms with van der Waals surface area (Å²) in [6.45, 7) is 1.04. The van der Waals surface area contributed by atoms with Crippen LogP contribution in [0.25, 0.3) is 0 Å².